The van der Waals surface area contributed by atoms with Gasteiger partial charge < -0.3 is 14.2 Å². The van der Waals surface area contributed by atoms with Gasteiger partial charge in [-0.1, -0.05) is 31.1 Å². The highest BCUT2D eigenvalue weighted by molar-refractivity contribution is 5.62. The first-order valence-electron chi connectivity index (χ1n) is 8.98. The molecule has 4 rings (SSSR count). The first-order valence-corrected chi connectivity index (χ1v) is 8.98. The third-order valence-corrected chi connectivity index (χ3v) is 5.43. The second-order valence-electron chi connectivity index (χ2n) is 6.97. The number of likely N-dealkylation sites (N-methyl/N-ethyl adjacent to an activating group) is 1. The van der Waals surface area contributed by atoms with Crippen molar-refractivity contribution >= 4 is 0 Å². The summed E-state index contributed by atoms with van der Waals surface area (Å²) in [6, 6.07) is 2.18. The largest absolute Gasteiger partial charge is 0.492 e. The molecule has 4 nitrogen and oxygen atoms in total. The van der Waals surface area contributed by atoms with Gasteiger partial charge >= 0.3 is 0 Å². The minimum atomic E-state index is 0.0696. The molecule has 2 aliphatic heterocycles. The highest BCUT2D eigenvalue weighted by Crippen LogP contribution is 2.49. The zero-order valence-electron chi connectivity index (χ0n) is 14.6. The summed E-state index contributed by atoms with van der Waals surface area (Å²) in [5, 5.41) is 0. The molecule has 128 valence electrons. The van der Waals surface area contributed by atoms with Crippen molar-refractivity contribution in [1.29, 1.82) is 0 Å². The number of ether oxygens (including phenoxy) is 3. The standard InChI is InChI=1S/C20H25NO3/c1-21-11-10-15-12-17-19(24-13-23-17)20(22-2)18(15)16(21)9-8-14-6-4-3-5-7-14/h12,14,16H,3-7,10-11,13H2,1-2H3. The van der Waals surface area contributed by atoms with E-state index in [1.54, 1.807) is 7.11 Å². The van der Waals surface area contributed by atoms with Crippen molar-refractivity contribution in [3.63, 3.8) is 0 Å². The smallest absolute Gasteiger partial charge is 0.231 e. The zero-order chi connectivity index (χ0) is 16.5. The summed E-state index contributed by atoms with van der Waals surface area (Å²) in [6.07, 6.45) is 7.47. The molecule has 2 heterocycles. The topological polar surface area (TPSA) is 30.9 Å². The molecule has 3 aliphatic rings. The Morgan fingerprint density at radius 1 is 1.17 bits per heavy atom. The lowest BCUT2D eigenvalue weighted by molar-refractivity contribution is 0.171. The summed E-state index contributed by atoms with van der Waals surface area (Å²) >= 11 is 0. The molecule has 24 heavy (non-hydrogen) atoms. The van der Waals surface area contributed by atoms with E-state index in [4.69, 9.17) is 14.2 Å². The number of hydrogen-bond donors (Lipinski definition) is 0. The molecule has 1 atom stereocenters. The van der Waals surface area contributed by atoms with E-state index in [1.807, 2.05) is 0 Å². The Morgan fingerprint density at radius 2 is 2.00 bits per heavy atom. The Balaban J connectivity index is 1.73. The van der Waals surface area contributed by atoms with Crippen LogP contribution in [-0.2, 0) is 6.42 Å². The molecule has 0 amide bonds. The van der Waals surface area contributed by atoms with Crippen LogP contribution in [0.5, 0.6) is 17.2 Å². The molecule has 0 spiro atoms. The monoisotopic (exact) mass is 327 g/mol. The number of methoxy groups -OCH3 is 1. The molecule has 1 aromatic carbocycles. The Labute approximate surface area is 144 Å². The molecule has 0 N–H and O–H groups in total. The average molecular weight is 327 g/mol. The fraction of sp³-hybridized carbons (Fsp3) is 0.600. The van der Waals surface area contributed by atoms with Crippen LogP contribution in [0.3, 0.4) is 0 Å². The number of benzene rings is 1. The van der Waals surface area contributed by atoms with E-state index in [1.165, 1.54) is 43.2 Å². The molecule has 1 aliphatic carbocycles. The fourth-order valence-corrected chi connectivity index (χ4v) is 4.06. The van der Waals surface area contributed by atoms with Gasteiger partial charge in [-0.05, 0) is 37.9 Å². The molecule has 0 radical (unpaired) electrons. The molecule has 1 unspecified atom stereocenters. The summed E-state index contributed by atoms with van der Waals surface area (Å²) in [7, 11) is 3.85. The van der Waals surface area contributed by atoms with Gasteiger partial charge in [0.05, 0.1) is 7.11 Å². The van der Waals surface area contributed by atoms with Gasteiger partial charge in [-0.2, -0.15) is 0 Å². The third kappa shape index (κ3) is 2.71. The number of rotatable bonds is 1. The second-order valence-corrected chi connectivity index (χ2v) is 6.97. The number of fused-ring (bicyclic) bond motifs is 2. The van der Waals surface area contributed by atoms with Crippen LogP contribution in [0.1, 0.15) is 49.3 Å². The SMILES string of the molecule is COc1c2c(cc3c1C(C#CC1CCCCC1)N(C)CC3)OCO2. The highest BCUT2D eigenvalue weighted by atomic mass is 16.7. The van der Waals surface area contributed by atoms with Gasteiger partial charge in [0.25, 0.3) is 0 Å². The van der Waals surface area contributed by atoms with E-state index in [0.717, 1.165) is 30.2 Å². The van der Waals surface area contributed by atoms with Crippen molar-refractivity contribution < 1.29 is 14.2 Å². The summed E-state index contributed by atoms with van der Waals surface area (Å²) < 4.78 is 16.9. The molecule has 4 heteroatoms. The Hall–Kier alpha value is -1.86. The highest BCUT2D eigenvalue weighted by Gasteiger charge is 2.33. The minimum absolute atomic E-state index is 0.0696. The predicted octanol–water partition coefficient (Wildman–Crippen LogP) is 3.54. The molecular weight excluding hydrogens is 302 g/mol. The normalized spacial score (nSPS) is 23.3. The predicted molar refractivity (Wildman–Crippen MR) is 92.5 cm³/mol. The van der Waals surface area contributed by atoms with Gasteiger partial charge in [-0.15, -0.1) is 0 Å². The van der Waals surface area contributed by atoms with Gasteiger partial charge in [-0.3, -0.25) is 4.90 Å². The third-order valence-electron chi connectivity index (χ3n) is 5.43. The molecule has 0 bridgehead atoms. The Bertz CT molecular complexity index is 682. The summed E-state index contributed by atoms with van der Waals surface area (Å²) in [4.78, 5) is 2.32. The zero-order valence-corrected chi connectivity index (χ0v) is 14.6. The van der Waals surface area contributed by atoms with Gasteiger partial charge in [0.15, 0.2) is 11.5 Å². The quantitative estimate of drug-likeness (QED) is 0.738. The van der Waals surface area contributed by atoms with Crippen molar-refractivity contribution in [2.45, 2.75) is 44.6 Å². The summed E-state index contributed by atoms with van der Waals surface area (Å²) in [6.45, 7) is 1.27. The number of hydrogen-bond acceptors (Lipinski definition) is 4. The van der Waals surface area contributed by atoms with Crippen molar-refractivity contribution in [2.24, 2.45) is 5.92 Å². The van der Waals surface area contributed by atoms with E-state index in [9.17, 15) is 0 Å². The van der Waals surface area contributed by atoms with Crippen LogP contribution in [0, 0.1) is 17.8 Å². The van der Waals surface area contributed by atoms with Crippen LogP contribution < -0.4 is 14.2 Å². The van der Waals surface area contributed by atoms with Gasteiger partial charge in [0, 0.05) is 18.0 Å². The van der Waals surface area contributed by atoms with E-state index in [2.05, 4.69) is 29.9 Å². The van der Waals surface area contributed by atoms with Crippen LogP contribution in [-0.4, -0.2) is 32.4 Å². The van der Waals surface area contributed by atoms with Crippen LogP contribution in [0.4, 0.5) is 0 Å². The van der Waals surface area contributed by atoms with Crippen molar-refractivity contribution in [2.75, 3.05) is 27.5 Å². The second kappa shape index (κ2) is 6.57. The lowest BCUT2D eigenvalue weighted by Gasteiger charge is -2.33. The minimum Gasteiger partial charge on any atom is -0.492 e. The van der Waals surface area contributed by atoms with E-state index in [0.29, 0.717) is 5.92 Å². The number of nitrogens with zero attached hydrogens (tertiary/aromatic N) is 1. The first-order chi connectivity index (χ1) is 11.8. The molecule has 1 fully saturated rings. The van der Waals surface area contributed by atoms with Crippen molar-refractivity contribution in [3.05, 3.63) is 17.2 Å². The fourth-order valence-electron chi connectivity index (χ4n) is 4.06. The lowest BCUT2D eigenvalue weighted by Crippen LogP contribution is -2.32. The molecule has 0 aromatic heterocycles. The van der Waals surface area contributed by atoms with Crippen molar-refractivity contribution in [1.82, 2.24) is 4.90 Å². The molecule has 1 aromatic rings. The summed E-state index contributed by atoms with van der Waals surface area (Å²) in [5.74, 6) is 10.0. The summed E-state index contributed by atoms with van der Waals surface area (Å²) in [5.41, 5.74) is 2.44. The maximum absolute atomic E-state index is 5.73. The van der Waals surface area contributed by atoms with E-state index < -0.39 is 0 Å². The van der Waals surface area contributed by atoms with E-state index >= 15 is 0 Å². The van der Waals surface area contributed by atoms with E-state index in [-0.39, 0.29) is 12.8 Å². The van der Waals surface area contributed by atoms with Crippen LogP contribution in [0.15, 0.2) is 6.07 Å². The Morgan fingerprint density at radius 3 is 2.79 bits per heavy atom. The Kier molecular flexibility index (Phi) is 4.28. The maximum atomic E-state index is 5.73. The molecular formula is C20H25NO3. The average Bonchev–Trinajstić information content (AvgIpc) is 3.08. The van der Waals surface area contributed by atoms with Crippen LogP contribution in [0.2, 0.25) is 0 Å². The first kappa shape index (κ1) is 15.7. The van der Waals surface area contributed by atoms with Crippen LogP contribution >= 0.6 is 0 Å². The van der Waals surface area contributed by atoms with Crippen molar-refractivity contribution in [3.8, 4) is 29.1 Å². The van der Waals surface area contributed by atoms with Gasteiger partial charge in [-0.25, -0.2) is 0 Å². The van der Waals surface area contributed by atoms with Gasteiger partial charge in [0.1, 0.15) is 6.04 Å². The van der Waals surface area contributed by atoms with Gasteiger partial charge in [0.2, 0.25) is 12.5 Å². The molecule has 0 saturated heterocycles. The molecule has 1 saturated carbocycles. The maximum Gasteiger partial charge on any atom is 0.231 e. The lowest BCUT2D eigenvalue weighted by atomic mass is 9.88. The van der Waals surface area contributed by atoms with Crippen LogP contribution in [0.25, 0.3) is 0 Å².